The average Bonchev–Trinajstić information content (AvgIpc) is 3.00. The largest absolute Gasteiger partial charge is 0.493 e. The Morgan fingerprint density at radius 3 is 2.55 bits per heavy atom. The molecule has 0 saturated heterocycles. The summed E-state index contributed by atoms with van der Waals surface area (Å²) >= 11 is 12.4. The van der Waals surface area contributed by atoms with Crippen LogP contribution in [0.25, 0.3) is 0 Å². The first kappa shape index (κ1) is 32.2. The molecule has 3 aromatic carbocycles. The quantitative estimate of drug-likeness (QED) is 0.139. The molecular formula is C31H30Cl2N4O7. The van der Waals surface area contributed by atoms with Gasteiger partial charge < -0.3 is 29.6 Å². The maximum absolute atomic E-state index is 12.6. The van der Waals surface area contributed by atoms with Crippen molar-refractivity contribution in [1.82, 2.24) is 16.1 Å². The third-order valence-corrected chi connectivity index (χ3v) is 6.95. The fraction of sp³-hybridized carbons (Fsp3) is 0.226. The summed E-state index contributed by atoms with van der Waals surface area (Å²) in [6.45, 7) is 3.34. The van der Waals surface area contributed by atoms with E-state index in [4.69, 9.17) is 42.1 Å². The van der Waals surface area contributed by atoms with Crippen molar-refractivity contribution in [3.8, 4) is 17.2 Å². The Morgan fingerprint density at radius 1 is 1.02 bits per heavy atom. The van der Waals surface area contributed by atoms with Gasteiger partial charge in [0.2, 0.25) is 0 Å². The average molecular weight is 642 g/mol. The van der Waals surface area contributed by atoms with Crippen LogP contribution in [0.2, 0.25) is 10.0 Å². The van der Waals surface area contributed by atoms with Crippen molar-refractivity contribution >= 4 is 47.3 Å². The fourth-order valence-corrected chi connectivity index (χ4v) is 4.65. The molecule has 0 fully saturated rings. The van der Waals surface area contributed by atoms with Crippen LogP contribution in [0.1, 0.15) is 36.6 Å². The number of hydrogen-bond donors (Lipinski definition) is 3. The van der Waals surface area contributed by atoms with Crippen molar-refractivity contribution in [2.24, 2.45) is 5.10 Å². The summed E-state index contributed by atoms with van der Waals surface area (Å²) in [4.78, 5) is 37.3. The minimum absolute atomic E-state index is 0.177. The van der Waals surface area contributed by atoms with Crippen LogP contribution in [0, 0.1) is 0 Å². The second-order valence-electron chi connectivity index (χ2n) is 9.35. The van der Waals surface area contributed by atoms with Gasteiger partial charge in [-0.05, 0) is 55.8 Å². The number of amides is 3. The van der Waals surface area contributed by atoms with Crippen LogP contribution in [0.15, 0.2) is 77.0 Å². The van der Waals surface area contributed by atoms with Crippen LogP contribution in [-0.4, -0.2) is 44.4 Å². The zero-order valence-electron chi connectivity index (χ0n) is 24.1. The molecule has 0 aromatic heterocycles. The summed E-state index contributed by atoms with van der Waals surface area (Å²) < 4.78 is 22.2. The number of hydrogen-bond acceptors (Lipinski definition) is 8. The Morgan fingerprint density at radius 2 is 1.80 bits per heavy atom. The number of methoxy groups -OCH3 is 1. The summed E-state index contributed by atoms with van der Waals surface area (Å²) in [5.74, 6) is -0.0573. The minimum Gasteiger partial charge on any atom is -0.493 e. The van der Waals surface area contributed by atoms with Crippen molar-refractivity contribution < 1.29 is 33.3 Å². The molecule has 3 aromatic rings. The highest BCUT2D eigenvalue weighted by atomic mass is 35.5. The Balaban J connectivity index is 1.39. The highest BCUT2D eigenvalue weighted by Crippen LogP contribution is 2.34. The Hall–Kier alpha value is -4.74. The zero-order valence-corrected chi connectivity index (χ0v) is 25.6. The number of nitrogens with zero attached hydrogens (tertiary/aromatic N) is 1. The third kappa shape index (κ3) is 8.21. The predicted octanol–water partition coefficient (Wildman–Crippen LogP) is 5.30. The zero-order chi connectivity index (χ0) is 31.6. The number of rotatable bonds is 12. The molecule has 0 spiro atoms. The number of benzene rings is 3. The SMILES string of the molecule is CCOC(=O)C1=C(C)NC(=O)N[C@@H]1c1ccc(OCC(=O)N/N=C/c2cc(Cl)ccc2OCc2ccccc2Cl)c(OC)c1. The van der Waals surface area contributed by atoms with Crippen LogP contribution in [0.3, 0.4) is 0 Å². The first-order valence-electron chi connectivity index (χ1n) is 13.4. The molecule has 11 nitrogen and oxygen atoms in total. The van der Waals surface area contributed by atoms with Gasteiger partial charge in [-0.15, -0.1) is 0 Å². The van der Waals surface area contributed by atoms with Crippen LogP contribution >= 0.6 is 23.2 Å². The third-order valence-electron chi connectivity index (χ3n) is 6.35. The second-order valence-corrected chi connectivity index (χ2v) is 10.2. The van der Waals surface area contributed by atoms with Crippen LogP contribution in [0.4, 0.5) is 4.79 Å². The molecule has 44 heavy (non-hydrogen) atoms. The van der Waals surface area contributed by atoms with Crippen molar-refractivity contribution in [1.29, 1.82) is 0 Å². The first-order chi connectivity index (χ1) is 21.2. The molecule has 230 valence electrons. The van der Waals surface area contributed by atoms with Gasteiger partial charge in [-0.2, -0.15) is 5.10 Å². The topological polar surface area (TPSA) is 137 Å². The van der Waals surface area contributed by atoms with Gasteiger partial charge in [0.05, 0.1) is 31.5 Å². The number of urea groups is 1. The Bertz CT molecular complexity index is 1610. The summed E-state index contributed by atoms with van der Waals surface area (Å²) in [5.41, 5.74) is 4.95. The van der Waals surface area contributed by atoms with Gasteiger partial charge in [-0.25, -0.2) is 15.0 Å². The molecular weight excluding hydrogens is 611 g/mol. The van der Waals surface area contributed by atoms with Gasteiger partial charge in [0.15, 0.2) is 18.1 Å². The predicted molar refractivity (Wildman–Crippen MR) is 165 cm³/mol. The normalized spacial score (nSPS) is 14.5. The molecule has 0 bridgehead atoms. The number of allylic oxidation sites excluding steroid dienone is 1. The Kier molecular flexibility index (Phi) is 11.1. The highest BCUT2D eigenvalue weighted by Gasteiger charge is 2.32. The standard InChI is InChI=1S/C31H30Cl2N4O7/c1-4-42-30(39)28-18(2)35-31(40)36-29(28)19-9-11-25(26(14-19)41-3)44-17-27(38)37-34-15-21-13-22(32)10-12-24(21)43-16-20-7-5-6-8-23(20)33/h5-15,29H,4,16-17H2,1-3H3,(H,37,38)(H2,35,36,40)/b34-15+/t29-/m1/s1. The highest BCUT2D eigenvalue weighted by molar-refractivity contribution is 6.31. The molecule has 3 N–H and O–H groups in total. The molecule has 1 atom stereocenters. The lowest BCUT2D eigenvalue weighted by atomic mass is 9.95. The van der Waals surface area contributed by atoms with E-state index in [0.29, 0.717) is 32.6 Å². The molecule has 1 aliphatic heterocycles. The van der Waals surface area contributed by atoms with Gasteiger partial charge in [0, 0.05) is 26.9 Å². The molecule has 1 heterocycles. The first-order valence-corrected chi connectivity index (χ1v) is 14.2. The lowest BCUT2D eigenvalue weighted by Crippen LogP contribution is -2.45. The fourth-order valence-electron chi connectivity index (χ4n) is 4.28. The van der Waals surface area contributed by atoms with Crippen molar-refractivity contribution in [2.75, 3.05) is 20.3 Å². The number of carbonyl (C=O) groups is 3. The second kappa shape index (κ2) is 15.1. The van der Waals surface area contributed by atoms with Crippen LogP contribution in [0.5, 0.6) is 17.2 Å². The van der Waals surface area contributed by atoms with Crippen molar-refractivity contribution in [3.05, 3.63) is 98.7 Å². The van der Waals surface area contributed by atoms with E-state index in [9.17, 15) is 14.4 Å². The van der Waals surface area contributed by atoms with E-state index in [0.717, 1.165) is 5.56 Å². The van der Waals surface area contributed by atoms with Gasteiger partial charge >= 0.3 is 12.0 Å². The van der Waals surface area contributed by atoms with Gasteiger partial charge in [-0.1, -0.05) is 47.5 Å². The van der Waals surface area contributed by atoms with E-state index >= 15 is 0 Å². The molecule has 0 radical (unpaired) electrons. The summed E-state index contributed by atoms with van der Waals surface area (Å²) in [6.07, 6.45) is 1.41. The number of carbonyl (C=O) groups excluding carboxylic acids is 3. The van der Waals surface area contributed by atoms with Crippen LogP contribution in [-0.2, 0) is 20.9 Å². The van der Waals surface area contributed by atoms with Crippen molar-refractivity contribution in [3.63, 3.8) is 0 Å². The lowest BCUT2D eigenvalue weighted by molar-refractivity contribution is -0.139. The smallest absolute Gasteiger partial charge is 0.338 e. The van der Waals surface area contributed by atoms with Gasteiger partial charge in [0.1, 0.15) is 12.4 Å². The number of hydrazone groups is 1. The molecule has 4 rings (SSSR count). The van der Waals surface area contributed by atoms with E-state index in [-0.39, 0.29) is 36.9 Å². The van der Waals surface area contributed by atoms with Gasteiger partial charge in [-0.3, -0.25) is 4.79 Å². The number of nitrogens with one attached hydrogen (secondary N) is 3. The Labute approximate surface area is 264 Å². The maximum atomic E-state index is 12.6. The molecule has 0 saturated carbocycles. The maximum Gasteiger partial charge on any atom is 0.338 e. The van der Waals surface area contributed by atoms with E-state index < -0.39 is 23.9 Å². The number of ether oxygens (including phenoxy) is 4. The summed E-state index contributed by atoms with van der Waals surface area (Å²) in [6, 6.07) is 16.0. The summed E-state index contributed by atoms with van der Waals surface area (Å²) in [5, 5.41) is 10.4. The molecule has 13 heteroatoms. The number of halogens is 2. The van der Waals surface area contributed by atoms with Gasteiger partial charge in [0.25, 0.3) is 5.91 Å². The van der Waals surface area contributed by atoms with E-state index in [1.54, 1.807) is 56.3 Å². The van der Waals surface area contributed by atoms with E-state index in [2.05, 4.69) is 21.2 Å². The van der Waals surface area contributed by atoms with E-state index in [1.165, 1.54) is 13.3 Å². The lowest BCUT2D eigenvalue weighted by Gasteiger charge is -2.28. The van der Waals surface area contributed by atoms with E-state index in [1.807, 2.05) is 18.2 Å². The molecule has 0 aliphatic carbocycles. The minimum atomic E-state index is -0.784. The molecule has 3 amide bonds. The molecule has 1 aliphatic rings. The molecule has 0 unspecified atom stereocenters. The monoisotopic (exact) mass is 640 g/mol. The van der Waals surface area contributed by atoms with Crippen LogP contribution < -0.4 is 30.3 Å². The number of esters is 1. The van der Waals surface area contributed by atoms with Crippen molar-refractivity contribution in [2.45, 2.75) is 26.5 Å². The summed E-state index contributed by atoms with van der Waals surface area (Å²) in [7, 11) is 1.43.